The summed E-state index contributed by atoms with van der Waals surface area (Å²) in [5, 5.41) is 315. The minimum absolute atomic E-state index is 0.0721. The molecule has 14 rings (SSSR count). The van der Waals surface area contributed by atoms with E-state index in [1.54, 1.807) is 0 Å². The number of hydrogen-bond acceptors (Lipinski definition) is 52. The summed E-state index contributed by atoms with van der Waals surface area (Å²) in [6.45, 7) is -3.08. The Morgan fingerprint density at radius 2 is 0.485 bits per heavy atom. The van der Waals surface area contributed by atoms with Gasteiger partial charge in [0.25, 0.3) is 0 Å². The molecule has 10 aromatic carbocycles. The molecule has 10 aromatic rings. The highest BCUT2D eigenvalue weighted by Gasteiger charge is 2.58. The molecule has 0 aromatic heterocycles. The Morgan fingerprint density at radius 1 is 0.246 bits per heavy atom. The van der Waals surface area contributed by atoms with E-state index in [2.05, 4.69) is 0 Å². The second kappa shape index (κ2) is 34.2. The maximum Gasteiger partial charge on any atom is 0.342 e. The van der Waals surface area contributed by atoms with E-state index in [1.807, 2.05) is 0 Å². The van der Waals surface area contributed by atoms with Crippen LogP contribution in [-0.4, -0.2) is 282 Å². The lowest BCUT2D eigenvalue weighted by Crippen LogP contribution is -2.63. The van der Waals surface area contributed by atoms with E-state index in [9.17, 15) is 177 Å². The van der Waals surface area contributed by atoms with E-state index in [4.69, 9.17) is 61.6 Å². The molecule has 0 saturated carbocycles. The topological polar surface area (TPSA) is 877 Å². The zero-order chi connectivity index (χ0) is 97.7. The molecule has 0 amide bonds. The van der Waals surface area contributed by atoms with Crippen molar-refractivity contribution in [1.82, 2.24) is 0 Å². The molecular weight excluding hydrogens is 1820 g/mol. The molecule has 0 unspecified atom stereocenters. The van der Waals surface area contributed by atoms with Crippen molar-refractivity contribution in [2.75, 3.05) is 13.2 Å². The van der Waals surface area contributed by atoms with E-state index in [1.165, 1.54) is 0 Å². The molecule has 4 heterocycles. The first kappa shape index (κ1) is 91.0. The van der Waals surface area contributed by atoms with Crippen LogP contribution in [0.2, 0.25) is 0 Å². The summed E-state index contributed by atoms with van der Waals surface area (Å²) in [6.07, 6.45) is -28.8. The van der Waals surface area contributed by atoms with Crippen LogP contribution in [0.3, 0.4) is 0 Å². The minimum Gasteiger partial charge on any atom is -0.504 e. The highest BCUT2D eigenvalue weighted by Crippen LogP contribution is 2.58. The van der Waals surface area contributed by atoms with Crippen LogP contribution in [0.25, 0.3) is 22.3 Å². The lowest BCUT2D eigenvalue weighted by atomic mass is 9.92. The molecule has 52 heteroatoms. The summed E-state index contributed by atoms with van der Waals surface area (Å²) in [6, 6.07) is 4.72. The Hall–Kier alpha value is -19.2. The van der Waals surface area contributed by atoms with Crippen LogP contribution in [0.5, 0.6) is 178 Å². The number of cyclic esters (lactones) is 2. The van der Waals surface area contributed by atoms with Gasteiger partial charge in [0, 0.05) is 28.3 Å². The highest BCUT2D eigenvalue weighted by molar-refractivity contribution is 6.11. The van der Waals surface area contributed by atoms with Gasteiger partial charge in [-0.05, 0) is 84.9 Å². The van der Waals surface area contributed by atoms with Crippen molar-refractivity contribution in [3.8, 4) is 200 Å². The zero-order valence-corrected chi connectivity index (χ0v) is 65.7. The fourth-order valence-corrected chi connectivity index (χ4v) is 13.9. The van der Waals surface area contributed by atoms with Gasteiger partial charge >= 0.3 is 59.7 Å². The van der Waals surface area contributed by atoms with Gasteiger partial charge in [0.15, 0.2) is 162 Å². The van der Waals surface area contributed by atoms with Gasteiger partial charge in [-0.25, -0.2) is 47.9 Å². The summed E-state index contributed by atoms with van der Waals surface area (Å²) in [5.74, 6) is -65.7. The molecule has 2 saturated heterocycles. The average molecular weight is 1880 g/mol. The second-order valence-electron chi connectivity index (χ2n) is 28.7. The molecule has 29 N–H and O–H groups in total. The minimum atomic E-state index is -3.11. The summed E-state index contributed by atoms with van der Waals surface area (Å²) in [4.78, 5) is 148. The van der Waals surface area contributed by atoms with E-state index >= 15 is 19.2 Å². The van der Waals surface area contributed by atoms with Gasteiger partial charge in [0.2, 0.25) is 65.0 Å². The fraction of sp³-hybridized carbons (Fsp3) is 0.146. The Bertz CT molecular complexity index is 6660. The van der Waals surface area contributed by atoms with Gasteiger partial charge in [-0.1, -0.05) is 0 Å². The van der Waals surface area contributed by atoms with Crippen LogP contribution >= 0.6 is 0 Å². The molecule has 4 aliphatic rings. The summed E-state index contributed by atoms with van der Waals surface area (Å²) in [7, 11) is 0. The van der Waals surface area contributed by atoms with E-state index in [0.717, 1.165) is 0 Å². The normalized spacial score (nSPS) is 19.1. The highest BCUT2D eigenvalue weighted by atomic mass is 16.8. The molecule has 0 radical (unpaired) electrons. The number of aromatic hydroxyl groups is 29. The lowest BCUT2D eigenvalue weighted by molar-refractivity contribution is -0.282. The predicted molar refractivity (Wildman–Crippen MR) is 415 cm³/mol. The third-order valence-electron chi connectivity index (χ3n) is 20.4. The van der Waals surface area contributed by atoms with Crippen LogP contribution < -0.4 is 4.74 Å². The Labute approximate surface area is 736 Å². The first-order valence-corrected chi connectivity index (χ1v) is 37.0. The summed E-state index contributed by atoms with van der Waals surface area (Å²) in [5.41, 5.74) is -17.2. The van der Waals surface area contributed by atoms with E-state index in [0.29, 0.717) is 60.7 Å². The monoisotopic (exact) mass is 1870 g/mol. The largest absolute Gasteiger partial charge is 0.504 e. The van der Waals surface area contributed by atoms with Crippen molar-refractivity contribution in [3.63, 3.8) is 0 Å². The van der Waals surface area contributed by atoms with Crippen molar-refractivity contribution >= 4 is 59.7 Å². The van der Waals surface area contributed by atoms with Crippen molar-refractivity contribution in [2.45, 2.75) is 61.4 Å². The smallest absolute Gasteiger partial charge is 0.342 e. The molecule has 0 aliphatic carbocycles. The van der Waals surface area contributed by atoms with Crippen molar-refractivity contribution < 1.29 is 258 Å². The second-order valence-corrected chi connectivity index (χ2v) is 28.7. The van der Waals surface area contributed by atoms with Crippen LogP contribution in [0.4, 0.5) is 0 Å². The molecule has 0 bridgehead atoms. The standard InChI is InChI=1S/C82H58O52/c83-28-1-18(2-29(84)49(28)97)71(112)129-67-65-43(16-122-76(117)23-11-37(92)54(102)59(107)45(23)47-25(78(119)127-65)13-39(94)56(104)61(47)109)125-81(133-74(115)20-5-32(87)51(99)33(88)6-20)69(67)131-73(114)22-9-36(91)53(101)42(10-22)124-64-27(15-41(96)58(106)63(64)111)80(121)132-70-68(130-72(113)19-3-30(85)50(98)31(86)4-19)66-44(126-82(70)134-75(116)21-7-34(89)52(100)35(90)8-21)17-123-77(118)24-12-38(93)55(103)60(108)46(24)48-26(79(120)128-66)14-40(95)57(105)62(48)110/h1-15,43-44,65-70,81-111H,16-17H2/t43-,44-,65-,66-,67+,68+,69-,70-,81+,82+/m1/s1. The third-order valence-corrected chi connectivity index (χ3v) is 20.4. The molecule has 4 aliphatic heterocycles. The third kappa shape index (κ3) is 16.2. The molecule has 698 valence electrons. The van der Waals surface area contributed by atoms with E-state index in [-0.39, 0.29) is 30.3 Å². The number of fused-ring (bicyclic) bond motifs is 8. The van der Waals surface area contributed by atoms with Gasteiger partial charge in [0.1, 0.15) is 31.0 Å². The molecule has 2 fully saturated rings. The number of rotatable bonds is 14. The Morgan fingerprint density at radius 3 is 0.791 bits per heavy atom. The maximum absolute atomic E-state index is 15.6. The zero-order valence-electron chi connectivity index (χ0n) is 65.7. The van der Waals surface area contributed by atoms with Crippen LogP contribution in [0, 0.1) is 0 Å². The quantitative estimate of drug-likeness (QED) is 0.0419. The number of phenols is 29. The number of phenolic OH excluding ortho intramolecular Hbond substituents is 29. The van der Waals surface area contributed by atoms with Gasteiger partial charge < -0.3 is 210 Å². The van der Waals surface area contributed by atoms with Crippen LogP contribution in [-0.2, 0) is 56.8 Å². The summed E-state index contributed by atoms with van der Waals surface area (Å²) >= 11 is 0. The molecule has 10 atom stereocenters. The van der Waals surface area contributed by atoms with Crippen molar-refractivity contribution in [2.24, 2.45) is 0 Å². The SMILES string of the molecule is O=C(O[C@@H]1O[C@@H]2COC(=O)c3cc(O)c(O)c(O)c3-c3c(cc(O)c(O)c3O)C(=O)O[C@H]2[C@H](OC(=O)c2cc(O)c(O)c(O)c2)[C@H]1OC(=O)c1cc(O)c(O)c(Oc2c(C(=O)O[C@H]3[C@H](OC(=O)c4cc(O)c(O)c(O)c4)O[C@@H]4COC(=O)c5cc(O)c(O)c(O)c5-c5c(cc(O)c(O)c5O)C(=O)O[C@H]4[C@@H]3OC(=O)c3cc(O)c(O)c(O)c3)cc(O)c(O)c2O)c1)c1cc(O)c(O)c(O)c1. The number of carbonyl (C=O) groups is 10. The number of carbonyl (C=O) groups excluding carboxylic acids is 10. The first-order chi connectivity index (χ1) is 63.0. The fourth-order valence-electron chi connectivity index (χ4n) is 13.9. The molecule has 134 heavy (non-hydrogen) atoms. The average Bonchev–Trinajstić information content (AvgIpc) is 1.41. The predicted octanol–water partition coefficient (Wildman–Crippen LogP) is 3.73. The Kier molecular flexibility index (Phi) is 23.2. The first-order valence-electron chi connectivity index (χ1n) is 37.0. The van der Waals surface area contributed by atoms with Gasteiger partial charge in [-0.2, -0.15) is 0 Å². The Balaban J connectivity index is 0.897. The van der Waals surface area contributed by atoms with Crippen LogP contribution in [0.1, 0.15) is 104 Å². The van der Waals surface area contributed by atoms with Crippen molar-refractivity contribution in [3.05, 3.63) is 147 Å². The summed E-state index contributed by atoms with van der Waals surface area (Å²) < 4.78 is 74.3. The molecular formula is C82H58O52. The molecule has 52 nitrogen and oxygen atoms in total. The number of ether oxygens (including phenoxy) is 13. The van der Waals surface area contributed by atoms with Crippen LogP contribution in [0.15, 0.2) is 91.0 Å². The lowest BCUT2D eigenvalue weighted by Gasteiger charge is -2.43. The number of esters is 10. The van der Waals surface area contributed by atoms with Crippen molar-refractivity contribution in [1.29, 1.82) is 0 Å². The van der Waals surface area contributed by atoms with Gasteiger partial charge in [-0.3, -0.25) is 0 Å². The van der Waals surface area contributed by atoms with E-state index < -0.39 is 390 Å². The number of hydrogen-bond donors (Lipinski definition) is 29. The maximum atomic E-state index is 15.6. The van der Waals surface area contributed by atoms with Gasteiger partial charge in [-0.15, -0.1) is 0 Å². The van der Waals surface area contributed by atoms with Gasteiger partial charge in [0.05, 0.1) is 50.1 Å². The number of benzene rings is 10. The molecule has 0 spiro atoms.